The van der Waals surface area contributed by atoms with Crippen LogP contribution in [-0.4, -0.2) is 130 Å². The third-order valence-corrected chi connectivity index (χ3v) is 12.2. The number of benzene rings is 3. The summed E-state index contributed by atoms with van der Waals surface area (Å²) in [5.74, 6) is -3.33. The fourth-order valence-electron chi connectivity index (χ4n) is 7.80. The van der Waals surface area contributed by atoms with Crippen molar-refractivity contribution in [2.75, 3.05) is 34.5 Å². The molecular formula is C42H47N2O18P. The van der Waals surface area contributed by atoms with Crippen molar-refractivity contribution in [2.24, 2.45) is 0 Å². The first-order valence-electron chi connectivity index (χ1n) is 19.8. The lowest BCUT2D eigenvalue weighted by atomic mass is 9.93. The lowest BCUT2D eigenvalue weighted by Gasteiger charge is -2.52. The van der Waals surface area contributed by atoms with E-state index in [1.807, 2.05) is 6.07 Å². The summed E-state index contributed by atoms with van der Waals surface area (Å²) in [4.78, 5) is 67.4. The normalized spacial score (nSPS) is 29.2. The molecule has 7 rings (SSSR count). The van der Waals surface area contributed by atoms with Crippen LogP contribution in [0.5, 0.6) is 11.5 Å². The first-order valence-corrected chi connectivity index (χ1v) is 21.3. The molecule has 338 valence electrons. The number of amides is 2. The van der Waals surface area contributed by atoms with Gasteiger partial charge < -0.3 is 56.4 Å². The lowest BCUT2D eigenvalue weighted by Crippen LogP contribution is -2.71. The van der Waals surface area contributed by atoms with E-state index < -0.39 is 112 Å². The van der Waals surface area contributed by atoms with E-state index in [0.717, 1.165) is 39.9 Å². The van der Waals surface area contributed by atoms with Crippen LogP contribution in [0.4, 0.5) is 0 Å². The standard InChI is InChI=1S/C42H47N2O18P/c1-22(45)54-20-30-35(56-23(2)46)37(57-24(3)47)33(44-38(48)28-14-10-11-15-29(28)39(44)49)42(60-30)62-36-32(43-63(50,52-5)53-6)41(58-27-18-16-26(51-4)17-19-27)59-31-21-55-40(61-34(31)36)25-12-8-7-9-13-25/h7-19,30-37,40-42H,20-21H2,1-6H3,(H,43,50)/t30-,31-,32-,33-,34-,35-,36-,37-,40-,41-,42+/m1/s1. The Bertz CT molecular complexity index is 2150. The zero-order chi connectivity index (χ0) is 45.0. The van der Waals surface area contributed by atoms with Gasteiger partial charge >= 0.3 is 25.7 Å². The van der Waals surface area contributed by atoms with Gasteiger partial charge in [0.05, 0.1) is 24.8 Å². The number of methoxy groups -OCH3 is 1. The molecule has 0 saturated carbocycles. The van der Waals surface area contributed by atoms with E-state index >= 15 is 0 Å². The fraction of sp³-hybridized carbons (Fsp3) is 0.452. The first-order chi connectivity index (χ1) is 30.2. The van der Waals surface area contributed by atoms with E-state index in [1.54, 1.807) is 60.7 Å². The number of rotatable bonds is 15. The largest absolute Gasteiger partial charge is 0.497 e. The summed E-state index contributed by atoms with van der Waals surface area (Å²) in [5, 5.41) is 2.86. The monoisotopic (exact) mass is 898 g/mol. The molecule has 0 unspecified atom stereocenters. The summed E-state index contributed by atoms with van der Waals surface area (Å²) in [6.07, 6.45) is -12.6. The van der Waals surface area contributed by atoms with Crippen LogP contribution in [0, 0.1) is 0 Å². The van der Waals surface area contributed by atoms with Crippen molar-refractivity contribution < 1.29 is 85.0 Å². The van der Waals surface area contributed by atoms with Gasteiger partial charge in [-0.1, -0.05) is 42.5 Å². The molecule has 21 heteroatoms. The number of esters is 3. The van der Waals surface area contributed by atoms with Crippen LogP contribution in [0.2, 0.25) is 0 Å². The van der Waals surface area contributed by atoms with Crippen molar-refractivity contribution in [3.63, 3.8) is 0 Å². The average molecular weight is 899 g/mol. The molecule has 2 amide bonds. The summed E-state index contributed by atoms with van der Waals surface area (Å²) >= 11 is 0. The number of fused-ring (bicyclic) bond motifs is 2. The molecule has 0 aliphatic carbocycles. The van der Waals surface area contributed by atoms with Crippen LogP contribution < -0.4 is 14.6 Å². The van der Waals surface area contributed by atoms with Gasteiger partial charge in [0.1, 0.15) is 54.6 Å². The minimum absolute atomic E-state index is 0.0205. The summed E-state index contributed by atoms with van der Waals surface area (Å²) in [5.41, 5.74) is 0.660. The van der Waals surface area contributed by atoms with E-state index in [-0.39, 0.29) is 23.5 Å². The highest BCUT2D eigenvalue weighted by Crippen LogP contribution is 2.47. The Kier molecular flexibility index (Phi) is 14.2. The molecule has 0 aromatic heterocycles. The minimum atomic E-state index is -4.24. The van der Waals surface area contributed by atoms with Crippen LogP contribution >= 0.6 is 7.75 Å². The van der Waals surface area contributed by atoms with Gasteiger partial charge in [-0.25, -0.2) is 9.65 Å². The van der Waals surface area contributed by atoms with Gasteiger partial charge in [0.25, 0.3) is 11.8 Å². The molecular weight excluding hydrogens is 851 g/mol. The summed E-state index contributed by atoms with van der Waals surface area (Å²) in [7, 11) is -0.443. The maximum Gasteiger partial charge on any atom is 0.405 e. The van der Waals surface area contributed by atoms with E-state index in [0.29, 0.717) is 11.3 Å². The molecule has 0 radical (unpaired) electrons. The smallest absolute Gasteiger partial charge is 0.405 e. The quantitative estimate of drug-likeness (QED) is 0.0997. The number of hydrogen-bond donors (Lipinski definition) is 1. The second-order valence-electron chi connectivity index (χ2n) is 14.6. The zero-order valence-corrected chi connectivity index (χ0v) is 35.9. The Morgan fingerprint density at radius 1 is 0.730 bits per heavy atom. The van der Waals surface area contributed by atoms with Crippen molar-refractivity contribution in [3.8, 4) is 11.5 Å². The van der Waals surface area contributed by atoms with Crippen molar-refractivity contribution in [2.45, 2.75) is 88.3 Å². The number of nitrogens with one attached hydrogen (secondary N) is 1. The first kappa shape index (κ1) is 45.7. The molecule has 1 N–H and O–H groups in total. The van der Waals surface area contributed by atoms with Gasteiger partial charge in [-0.3, -0.25) is 28.9 Å². The summed E-state index contributed by atoms with van der Waals surface area (Å²) in [6.45, 7) is 2.63. The van der Waals surface area contributed by atoms with Crippen LogP contribution in [-0.2, 0) is 65.9 Å². The van der Waals surface area contributed by atoms with Gasteiger partial charge in [0.2, 0.25) is 6.29 Å². The number of nitrogens with zero attached hydrogens (tertiary/aromatic N) is 1. The summed E-state index contributed by atoms with van der Waals surface area (Å²) in [6, 6.07) is 18.3. The predicted molar refractivity (Wildman–Crippen MR) is 213 cm³/mol. The third-order valence-electron chi connectivity index (χ3n) is 10.6. The molecule has 4 aliphatic rings. The van der Waals surface area contributed by atoms with Crippen molar-refractivity contribution in [1.29, 1.82) is 0 Å². The molecule has 3 aromatic rings. The van der Waals surface area contributed by atoms with Gasteiger partial charge in [-0.2, -0.15) is 0 Å². The predicted octanol–water partition coefficient (Wildman–Crippen LogP) is 3.47. The highest BCUT2D eigenvalue weighted by atomic mass is 31.2. The Morgan fingerprint density at radius 2 is 1.33 bits per heavy atom. The topological polar surface area (TPSA) is 228 Å². The molecule has 4 aliphatic heterocycles. The second-order valence-corrected chi connectivity index (χ2v) is 16.6. The maximum atomic E-state index is 14.4. The second kappa shape index (κ2) is 19.6. The highest BCUT2D eigenvalue weighted by Gasteiger charge is 2.61. The SMILES string of the molecule is COc1ccc(O[C@@H]2O[C@@H]3CO[C@@H](c4ccccc4)O[C@H]3[C@H](O[C@@H]3O[C@H](COC(C)=O)[C@@H](OC(C)=O)[C@H](OC(C)=O)[C@H]3N3C(=O)c4ccccc4C3=O)[C@H]2NP(=O)(OC)OC)cc1. The summed E-state index contributed by atoms with van der Waals surface area (Å²) < 4.78 is 86.1. The molecule has 20 nitrogen and oxygen atoms in total. The maximum absolute atomic E-state index is 14.4. The third kappa shape index (κ3) is 9.94. The molecule has 0 bridgehead atoms. The highest BCUT2D eigenvalue weighted by molar-refractivity contribution is 7.51. The van der Waals surface area contributed by atoms with Gasteiger partial charge in [-0.15, -0.1) is 0 Å². The number of ether oxygens (including phenoxy) is 10. The number of hydrogen-bond acceptors (Lipinski definition) is 18. The Labute approximate surface area is 361 Å². The molecule has 3 fully saturated rings. The fourth-order valence-corrected chi connectivity index (χ4v) is 8.80. The van der Waals surface area contributed by atoms with Gasteiger partial charge in [0, 0.05) is 40.6 Å². The molecule has 63 heavy (non-hydrogen) atoms. The Balaban J connectivity index is 1.38. The Hall–Kier alpha value is -5.28. The number of imide groups is 1. The van der Waals surface area contributed by atoms with Crippen molar-refractivity contribution in [1.82, 2.24) is 9.99 Å². The van der Waals surface area contributed by atoms with E-state index in [2.05, 4.69) is 5.09 Å². The molecule has 0 spiro atoms. The van der Waals surface area contributed by atoms with Crippen molar-refractivity contribution >= 4 is 37.5 Å². The average Bonchev–Trinajstić information content (AvgIpc) is 3.52. The van der Waals surface area contributed by atoms with E-state index in [9.17, 15) is 28.5 Å². The molecule has 3 saturated heterocycles. The van der Waals surface area contributed by atoms with Crippen LogP contribution in [0.1, 0.15) is 53.3 Å². The van der Waals surface area contributed by atoms with Crippen LogP contribution in [0.15, 0.2) is 78.9 Å². The molecule has 3 aromatic carbocycles. The van der Waals surface area contributed by atoms with Gasteiger partial charge in [0.15, 0.2) is 24.8 Å². The number of carbonyl (C=O) groups is 5. The molecule has 11 atom stereocenters. The van der Waals surface area contributed by atoms with Crippen LogP contribution in [0.25, 0.3) is 0 Å². The van der Waals surface area contributed by atoms with Gasteiger partial charge in [-0.05, 0) is 36.4 Å². The minimum Gasteiger partial charge on any atom is -0.497 e. The van der Waals surface area contributed by atoms with E-state index in [4.69, 9.17) is 56.4 Å². The lowest BCUT2D eigenvalue weighted by molar-refractivity contribution is -0.365. The van der Waals surface area contributed by atoms with Crippen LogP contribution in [0.3, 0.4) is 0 Å². The van der Waals surface area contributed by atoms with Crippen molar-refractivity contribution in [3.05, 3.63) is 95.6 Å². The zero-order valence-electron chi connectivity index (χ0n) is 35.0. The van der Waals surface area contributed by atoms with E-state index in [1.165, 1.54) is 19.2 Å². The number of carbonyl (C=O) groups excluding carboxylic acids is 5. The molecule has 4 heterocycles. The Morgan fingerprint density at radius 3 is 1.92 bits per heavy atom.